The molecular weight excluding hydrogens is 354 g/mol. The Balaban J connectivity index is 2.03. The molecular formula is C22H23N3O3. The maximum absolute atomic E-state index is 12.2. The highest BCUT2D eigenvalue weighted by atomic mass is 16.5. The predicted octanol–water partition coefficient (Wildman–Crippen LogP) is 4.09. The van der Waals surface area contributed by atoms with Crippen LogP contribution in [0, 0.1) is 11.3 Å². The smallest absolute Gasteiger partial charge is 0.314 e. The van der Waals surface area contributed by atoms with E-state index in [1.165, 1.54) is 12.7 Å². The lowest BCUT2D eigenvalue weighted by Crippen LogP contribution is -2.14. The fourth-order valence-electron chi connectivity index (χ4n) is 3.43. The molecule has 0 spiro atoms. The topological polar surface area (TPSA) is 88.0 Å². The normalized spacial score (nSPS) is 12.9. The van der Waals surface area contributed by atoms with E-state index in [4.69, 9.17) is 19.7 Å². The van der Waals surface area contributed by atoms with Crippen molar-refractivity contribution in [2.75, 3.05) is 14.2 Å². The summed E-state index contributed by atoms with van der Waals surface area (Å²) in [5.74, 6) is 0.580. The van der Waals surface area contributed by atoms with Crippen molar-refractivity contribution in [3.8, 4) is 11.8 Å². The van der Waals surface area contributed by atoms with Crippen LogP contribution < -0.4 is 4.74 Å². The van der Waals surface area contributed by atoms with Crippen LogP contribution in [0.4, 0.5) is 0 Å². The molecule has 3 rings (SSSR count). The number of carbonyl (C=O) groups is 1. The largest absolute Gasteiger partial charge is 0.494 e. The molecule has 0 saturated carbocycles. The number of benzene rings is 2. The molecule has 0 aliphatic heterocycles. The molecule has 2 atom stereocenters. The van der Waals surface area contributed by atoms with E-state index >= 15 is 0 Å². The average molecular weight is 377 g/mol. The molecule has 0 aliphatic rings. The highest BCUT2D eigenvalue weighted by molar-refractivity contribution is 5.90. The second-order valence-corrected chi connectivity index (χ2v) is 6.72. The van der Waals surface area contributed by atoms with E-state index in [-0.39, 0.29) is 12.3 Å². The van der Waals surface area contributed by atoms with Crippen LogP contribution in [0.3, 0.4) is 0 Å². The zero-order valence-electron chi connectivity index (χ0n) is 16.2. The van der Waals surface area contributed by atoms with Gasteiger partial charge in [-0.1, -0.05) is 43.3 Å². The van der Waals surface area contributed by atoms with Gasteiger partial charge in [-0.25, -0.2) is 4.98 Å². The number of methoxy groups -OCH3 is 2. The van der Waals surface area contributed by atoms with Gasteiger partial charge in [-0.3, -0.25) is 4.79 Å². The van der Waals surface area contributed by atoms with Gasteiger partial charge in [0, 0.05) is 6.42 Å². The summed E-state index contributed by atoms with van der Waals surface area (Å²) in [6, 6.07) is 15.9. The van der Waals surface area contributed by atoms with Crippen molar-refractivity contribution >= 4 is 17.0 Å². The standard InChI is InChI=1S/C22H23N3O3/c1-14(15-7-5-4-6-8-15)13-19-24-20-16(17(11-12-23)22(26)28-3)9-10-18(27-2)21(20)25-19/h4-10,14,17H,11,13H2,1-3H3,(H,24,25). The third kappa shape index (κ3) is 3.84. The Labute approximate surface area is 164 Å². The molecule has 0 radical (unpaired) electrons. The van der Waals surface area contributed by atoms with Crippen molar-refractivity contribution in [1.82, 2.24) is 9.97 Å². The Morgan fingerprint density at radius 3 is 2.61 bits per heavy atom. The lowest BCUT2D eigenvalue weighted by Gasteiger charge is -2.13. The van der Waals surface area contributed by atoms with Gasteiger partial charge in [-0.15, -0.1) is 0 Å². The molecule has 1 heterocycles. The SMILES string of the molecule is COC(=O)C(CC#N)c1ccc(OC)c2[nH]c(CC(C)c3ccccc3)nc12. The van der Waals surface area contributed by atoms with Crippen LogP contribution >= 0.6 is 0 Å². The van der Waals surface area contributed by atoms with Gasteiger partial charge in [0.2, 0.25) is 0 Å². The fraction of sp³-hybridized carbons (Fsp3) is 0.318. The highest BCUT2D eigenvalue weighted by Crippen LogP contribution is 2.33. The average Bonchev–Trinajstić information content (AvgIpc) is 3.15. The lowest BCUT2D eigenvalue weighted by molar-refractivity contribution is -0.142. The third-order valence-corrected chi connectivity index (χ3v) is 4.93. The fourth-order valence-corrected chi connectivity index (χ4v) is 3.43. The number of nitrogens with zero attached hydrogens (tertiary/aromatic N) is 2. The first-order valence-electron chi connectivity index (χ1n) is 9.14. The number of ether oxygens (including phenoxy) is 2. The molecule has 6 heteroatoms. The van der Waals surface area contributed by atoms with Crippen LogP contribution in [0.5, 0.6) is 5.75 Å². The first-order chi connectivity index (χ1) is 13.6. The summed E-state index contributed by atoms with van der Waals surface area (Å²) in [7, 11) is 2.92. The summed E-state index contributed by atoms with van der Waals surface area (Å²) in [5, 5.41) is 9.15. The van der Waals surface area contributed by atoms with Crippen molar-refractivity contribution in [1.29, 1.82) is 5.26 Å². The number of imidazole rings is 1. The molecule has 2 aromatic carbocycles. The van der Waals surface area contributed by atoms with Crippen molar-refractivity contribution in [3.63, 3.8) is 0 Å². The number of carbonyl (C=O) groups excluding carboxylic acids is 1. The van der Waals surface area contributed by atoms with Gasteiger partial charge in [0.1, 0.15) is 17.1 Å². The van der Waals surface area contributed by atoms with E-state index in [1.807, 2.05) is 18.2 Å². The van der Waals surface area contributed by atoms with Gasteiger partial charge in [0.05, 0.1) is 38.1 Å². The van der Waals surface area contributed by atoms with Crippen LogP contribution in [-0.4, -0.2) is 30.2 Å². The number of fused-ring (bicyclic) bond motifs is 1. The van der Waals surface area contributed by atoms with E-state index in [2.05, 4.69) is 30.1 Å². The van der Waals surface area contributed by atoms with E-state index in [0.717, 1.165) is 11.3 Å². The molecule has 6 nitrogen and oxygen atoms in total. The molecule has 28 heavy (non-hydrogen) atoms. The molecule has 1 aromatic heterocycles. The Morgan fingerprint density at radius 1 is 1.21 bits per heavy atom. The summed E-state index contributed by atoms with van der Waals surface area (Å²) in [6.45, 7) is 2.15. The first kappa shape index (κ1) is 19.4. The van der Waals surface area contributed by atoms with Crippen LogP contribution in [0.25, 0.3) is 11.0 Å². The lowest BCUT2D eigenvalue weighted by atomic mass is 9.95. The number of hydrogen-bond acceptors (Lipinski definition) is 5. The number of nitriles is 1. The number of H-pyrrole nitrogens is 1. The second kappa shape index (κ2) is 8.57. The molecule has 0 bridgehead atoms. The van der Waals surface area contributed by atoms with E-state index < -0.39 is 11.9 Å². The molecule has 2 unspecified atom stereocenters. The minimum absolute atomic E-state index is 0.0245. The van der Waals surface area contributed by atoms with Crippen molar-refractivity contribution in [2.24, 2.45) is 0 Å². The maximum atomic E-state index is 12.2. The van der Waals surface area contributed by atoms with Crippen LogP contribution in [0.15, 0.2) is 42.5 Å². The van der Waals surface area contributed by atoms with Crippen LogP contribution in [-0.2, 0) is 16.0 Å². The molecule has 3 aromatic rings. The summed E-state index contributed by atoms with van der Waals surface area (Å²) in [5.41, 5.74) is 3.26. The number of esters is 1. The van der Waals surface area contributed by atoms with Gasteiger partial charge in [-0.2, -0.15) is 5.26 Å². The molecule has 0 fully saturated rings. The quantitative estimate of drug-likeness (QED) is 0.627. The predicted molar refractivity (Wildman–Crippen MR) is 106 cm³/mol. The molecule has 0 saturated heterocycles. The molecule has 1 N–H and O–H groups in total. The Hall–Kier alpha value is -3.33. The highest BCUT2D eigenvalue weighted by Gasteiger charge is 2.26. The monoisotopic (exact) mass is 377 g/mol. The minimum atomic E-state index is -0.689. The van der Waals surface area contributed by atoms with Gasteiger partial charge in [0.25, 0.3) is 0 Å². The van der Waals surface area contributed by atoms with Crippen molar-refractivity contribution in [2.45, 2.75) is 31.6 Å². The number of hydrogen-bond donors (Lipinski definition) is 1. The molecule has 0 amide bonds. The van der Waals surface area contributed by atoms with Gasteiger partial charge < -0.3 is 14.5 Å². The van der Waals surface area contributed by atoms with Gasteiger partial charge >= 0.3 is 5.97 Å². The summed E-state index contributed by atoms with van der Waals surface area (Å²) >= 11 is 0. The Kier molecular flexibility index (Phi) is 5.95. The van der Waals surface area contributed by atoms with Gasteiger partial charge in [-0.05, 0) is 23.1 Å². The molecule has 0 aliphatic carbocycles. The van der Waals surface area contributed by atoms with Crippen molar-refractivity contribution < 1.29 is 14.3 Å². The summed E-state index contributed by atoms with van der Waals surface area (Å²) in [6.07, 6.45) is 0.735. The Bertz CT molecular complexity index is 1010. The summed E-state index contributed by atoms with van der Waals surface area (Å²) in [4.78, 5) is 20.3. The second-order valence-electron chi connectivity index (χ2n) is 6.72. The minimum Gasteiger partial charge on any atom is -0.494 e. The number of rotatable bonds is 7. The van der Waals surface area contributed by atoms with Gasteiger partial charge in [0.15, 0.2) is 0 Å². The van der Waals surface area contributed by atoms with Crippen molar-refractivity contribution in [3.05, 3.63) is 59.4 Å². The van der Waals surface area contributed by atoms with E-state index in [0.29, 0.717) is 23.3 Å². The first-order valence-corrected chi connectivity index (χ1v) is 9.14. The zero-order valence-corrected chi connectivity index (χ0v) is 16.2. The van der Waals surface area contributed by atoms with E-state index in [9.17, 15) is 4.79 Å². The summed E-state index contributed by atoms with van der Waals surface area (Å²) < 4.78 is 10.4. The Morgan fingerprint density at radius 2 is 1.96 bits per heavy atom. The number of aromatic amines is 1. The number of nitrogens with one attached hydrogen (secondary N) is 1. The van der Waals surface area contributed by atoms with E-state index in [1.54, 1.807) is 19.2 Å². The third-order valence-electron chi connectivity index (χ3n) is 4.93. The van der Waals surface area contributed by atoms with Crippen LogP contribution in [0.2, 0.25) is 0 Å². The molecule has 144 valence electrons. The maximum Gasteiger partial charge on any atom is 0.314 e. The number of aromatic nitrogens is 2. The van der Waals surface area contributed by atoms with Crippen LogP contribution in [0.1, 0.15) is 42.1 Å². The zero-order chi connectivity index (χ0) is 20.1.